The van der Waals surface area contributed by atoms with Gasteiger partial charge < -0.3 is 10.1 Å². The number of carbonyl (C=O) groups excluding carboxylic acids is 1. The van der Waals surface area contributed by atoms with Crippen molar-refractivity contribution in [3.05, 3.63) is 93.9 Å². The van der Waals surface area contributed by atoms with Crippen LogP contribution in [0.1, 0.15) is 62.2 Å². The summed E-state index contributed by atoms with van der Waals surface area (Å²) in [6.45, 7) is 6.77. The summed E-state index contributed by atoms with van der Waals surface area (Å²) in [6, 6.07) is 16.0. The maximum absolute atomic E-state index is 14.0. The number of unbranched alkanes of at least 4 members (excludes halogenated alkanes) is 1. The fourth-order valence-electron chi connectivity index (χ4n) is 5.10. The van der Waals surface area contributed by atoms with Gasteiger partial charge in [0, 0.05) is 30.5 Å². The van der Waals surface area contributed by atoms with Gasteiger partial charge in [0.2, 0.25) is 17.7 Å². The van der Waals surface area contributed by atoms with E-state index in [9.17, 15) is 9.59 Å². The molecule has 0 unspecified atom stereocenters. The van der Waals surface area contributed by atoms with Crippen molar-refractivity contribution in [2.75, 3.05) is 13.2 Å². The van der Waals surface area contributed by atoms with Gasteiger partial charge in [-0.1, -0.05) is 61.9 Å². The van der Waals surface area contributed by atoms with Crippen molar-refractivity contribution in [3.8, 4) is 34.2 Å². The van der Waals surface area contributed by atoms with E-state index in [4.69, 9.17) is 9.72 Å². The quantitative estimate of drug-likeness (QED) is 0.175. The number of tetrazole rings is 1. The predicted octanol–water partition coefficient (Wildman–Crippen LogP) is 4.41. The van der Waals surface area contributed by atoms with Crippen molar-refractivity contribution in [1.29, 1.82) is 0 Å². The molecule has 0 aliphatic heterocycles. The van der Waals surface area contributed by atoms with Gasteiger partial charge in [-0.3, -0.25) is 9.59 Å². The molecule has 12 heteroatoms. The molecule has 12 nitrogen and oxygen atoms in total. The van der Waals surface area contributed by atoms with Crippen molar-refractivity contribution >= 4 is 5.91 Å². The second-order valence-electron chi connectivity index (χ2n) is 10.6. The van der Waals surface area contributed by atoms with Crippen molar-refractivity contribution < 1.29 is 9.53 Å². The highest BCUT2D eigenvalue weighted by molar-refractivity contribution is 5.80. The lowest BCUT2D eigenvalue weighted by molar-refractivity contribution is -0.121. The molecule has 0 spiro atoms. The van der Waals surface area contributed by atoms with Crippen molar-refractivity contribution in [3.63, 3.8) is 0 Å². The lowest BCUT2D eigenvalue weighted by Crippen LogP contribution is -2.29. The number of nitrogens with one attached hydrogen (secondary N) is 2. The topological polar surface area (TPSA) is 153 Å². The SMILES string of the molecule is CCCCc1nc(C)n(-c2ncc(OCCCC(=O)NCC)cn2)c(=O)c1Cc1ccc(-c2ccccc2-c2nn[nH]n2)cc1. The highest BCUT2D eigenvalue weighted by Crippen LogP contribution is 2.30. The van der Waals surface area contributed by atoms with Crippen LogP contribution in [-0.2, 0) is 17.6 Å². The Kier molecular flexibility index (Phi) is 10.4. The summed E-state index contributed by atoms with van der Waals surface area (Å²) >= 11 is 0. The number of aromatic nitrogens is 8. The molecular formula is C33H37N9O3. The maximum Gasteiger partial charge on any atom is 0.264 e. The maximum atomic E-state index is 14.0. The van der Waals surface area contributed by atoms with E-state index in [1.54, 1.807) is 6.92 Å². The van der Waals surface area contributed by atoms with Gasteiger partial charge in [0.05, 0.1) is 24.7 Å². The number of hydrogen-bond donors (Lipinski definition) is 2. The number of benzene rings is 2. The van der Waals surface area contributed by atoms with Gasteiger partial charge in [0.25, 0.3) is 5.56 Å². The Balaban J connectivity index is 1.38. The molecule has 0 atom stereocenters. The molecule has 0 radical (unpaired) electrons. The van der Waals surface area contributed by atoms with Crippen LogP contribution < -0.4 is 15.6 Å². The molecule has 1 amide bonds. The van der Waals surface area contributed by atoms with Crippen LogP contribution in [0.15, 0.2) is 65.7 Å². The van der Waals surface area contributed by atoms with Crippen LogP contribution in [0.5, 0.6) is 5.75 Å². The second-order valence-corrected chi connectivity index (χ2v) is 10.6. The monoisotopic (exact) mass is 607 g/mol. The van der Waals surface area contributed by atoms with Crippen LogP contribution in [0.2, 0.25) is 0 Å². The molecule has 0 aliphatic carbocycles. The zero-order valence-electron chi connectivity index (χ0n) is 25.8. The van der Waals surface area contributed by atoms with Crippen molar-refractivity contribution in [2.24, 2.45) is 0 Å². The molecule has 0 fully saturated rings. The minimum atomic E-state index is -0.185. The molecule has 2 N–H and O–H groups in total. The van der Waals surface area contributed by atoms with Crippen molar-refractivity contribution in [2.45, 2.75) is 59.3 Å². The van der Waals surface area contributed by atoms with E-state index < -0.39 is 0 Å². The van der Waals surface area contributed by atoms with Gasteiger partial charge >= 0.3 is 0 Å². The second kappa shape index (κ2) is 15.0. The van der Waals surface area contributed by atoms with Gasteiger partial charge in [-0.2, -0.15) is 5.21 Å². The third kappa shape index (κ3) is 7.64. The average Bonchev–Trinajstić information content (AvgIpc) is 3.60. The Morgan fingerprint density at radius 2 is 1.76 bits per heavy atom. The summed E-state index contributed by atoms with van der Waals surface area (Å²) in [6.07, 6.45) is 7.09. The zero-order chi connectivity index (χ0) is 31.6. The molecule has 3 heterocycles. The van der Waals surface area contributed by atoms with E-state index in [0.717, 1.165) is 40.8 Å². The summed E-state index contributed by atoms with van der Waals surface area (Å²) in [5.74, 6) is 1.75. The van der Waals surface area contributed by atoms with E-state index in [1.807, 2.05) is 55.5 Å². The number of carbonyl (C=O) groups is 1. The first kappa shape index (κ1) is 31.2. The first-order valence-corrected chi connectivity index (χ1v) is 15.2. The first-order chi connectivity index (χ1) is 22.0. The van der Waals surface area contributed by atoms with Gasteiger partial charge in [-0.25, -0.2) is 19.5 Å². The lowest BCUT2D eigenvalue weighted by atomic mass is 9.96. The summed E-state index contributed by atoms with van der Waals surface area (Å²) in [7, 11) is 0. The Hall–Kier alpha value is -5.26. The molecule has 5 rings (SSSR count). The number of ether oxygens (including phenoxy) is 1. The van der Waals surface area contributed by atoms with Gasteiger partial charge in [-0.15, -0.1) is 10.2 Å². The molecule has 0 saturated heterocycles. The summed E-state index contributed by atoms with van der Waals surface area (Å²) in [5, 5.41) is 17.3. The Morgan fingerprint density at radius 3 is 2.44 bits per heavy atom. The Labute approximate surface area is 261 Å². The smallest absolute Gasteiger partial charge is 0.264 e. The summed E-state index contributed by atoms with van der Waals surface area (Å²) < 4.78 is 7.16. The average molecular weight is 608 g/mol. The number of hydrogen-bond acceptors (Lipinski definition) is 9. The Morgan fingerprint density at radius 1 is 1.00 bits per heavy atom. The van der Waals surface area contributed by atoms with E-state index >= 15 is 0 Å². The molecule has 0 aliphatic rings. The number of H-pyrrole nitrogens is 1. The van der Waals surface area contributed by atoms with Gasteiger partial charge in [0.1, 0.15) is 5.82 Å². The van der Waals surface area contributed by atoms with E-state index in [1.165, 1.54) is 17.0 Å². The molecule has 0 saturated carbocycles. The normalized spacial score (nSPS) is 11.0. The number of rotatable bonds is 14. The molecule has 0 bridgehead atoms. The minimum absolute atomic E-state index is 0.00462. The first-order valence-electron chi connectivity index (χ1n) is 15.2. The number of aryl methyl sites for hydroxylation is 2. The molecule has 5 aromatic rings. The molecule has 45 heavy (non-hydrogen) atoms. The fraction of sp³-hybridized carbons (Fsp3) is 0.333. The van der Waals surface area contributed by atoms with Crippen LogP contribution in [0.25, 0.3) is 28.5 Å². The van der Waals surface area contributed by atoms with Crippen LogP contribution in [-0.4, -0.2) is 59.2 Å². The van der Waals surface area contributed by atoms with Crippen LogP contribution in [0, 0.1) is 6.92 Å². The zero-order valence-corrected chi connectivity index (χ0v) is 25.8. The molecule has 3 aromatic heterocycles. The highest BCUT2D eigenvalue weighted by atomic mass is 16.5. The van der Waals surface area contributed by atoms with Crippen molar-refractivity contribution in [1.82, 2.24) is 45.5 Å². The van der Waals surface area contributed by atoms with Crippen LogP contribution in [0.4, 0.5) is 0 Å². The van der Waals surface area contributed by atoms with Gasteiger partial charge in [-0.05, 0) is 55.0 Å². The molecule has 232 valence electrons. The molecular weight excluding hydrogens is 570 g/mol. The fourth-order valence-corrected chi connectivity index (χ4v) is 5.10. The Bertz CT molecular complexity index is 1770. The number of nitrogens with zero attached hydrogens (tertiary/aromatic N) is 7. The van der Waals surface area contributed by atoms with Crippen LogP contribution >= 0.6 is 0 Å². The third-order valence-corrected chi connectivity index (χ3v) is 7.36. The van der Waals surface area contributed by atoms with Crippen LogP contribution in [0.3, 0.4) is 0 Å². The molecule has 2 aromatic carbocycles. The summed E-state index contributed by atoms with van der Waals surface area (Å²) in [5.41, 5.74) is 5.10. The largest absolute Gasteiger partial charge is 0.490 e. The predicted molar refractivity (Wildman–Crippen MR) is 170 cm³/mol. The summed E-state index contributed by atoms with van der Waals surface area (Å²) in [4.78, 5) is 39.3. The number of amides is 1. The van der Waals surface area contributed by atoms with Gasteiger partial charge in [0.15, 0.2) is 5.75 Å². The lowest BCUT2D eigenvalue weighted by Gasteiger charge is -2.15. The highest BCUT2D eigenvalue weighted by Gasteiger charge is 2.18. The standard InChI is InChI=1S/C33H37N9O3/c1-4-6-12-29-28(19-23-14-16-24(17-15-23)26-10-7-8-11-27(26)31-38-40-41-39-31)32(44)42(22(3)37-29)33-35-20-25(21-36-33)45-18-9-13-30(43)34-5-2/h7-8,10-11,14-17,20-21H,4-6,9,12-13,18-19H2,1-3H3,(H,34,43)(H,38,39,40,41). The minimum Gasteiger partial charge on any atom is -0.490 e. The third-order valence-electron chi connectivity index (χ3n) is 7.36. The van der Waals surface area contributed by atoms with E-state index in [0.29, 0.717) is 61.8 Å². The number of aromatic amines is 1. The van der Waals surface area contributed by atoms with E-state index in [-0.39, 0.29) is 17.4 Å². The van der Waals surface area contributed by atoms with E-state index in [2.05, 4.69) is 42.8 Å².